The first kappa shape index (κ1) is 18.1. The highest BCUT2D eigenvalue weighted by atomic mass is 35.5. The quantitative estimate of drug-likeness (QED) is 0.787. The van der Waals surface area contributed by atoms with E-state index < -0.39 is 10.0 Å². The molecule has 9 heteroatoms. The number of sulfonamides is 1. The zero-order valence-corrected chi connectivity index (χ0v) is 15.7. The molecule has 1 aromatic heterocycles. The van der Waals surface area contributed by atoms with Gasteiger partial charge in [0, 0.05) is 32.8 Å². The van der Waals surface area contributed by atoms with Crippen LogP contribution in [0.5, 0.6) is 0 Å². The number of thiophene rings is 1. The summed E-state index contributed by atoms with van der Waals surface area (Å²) in [4.78, 5) is 14.2. The van der Waals surface area contributed by atoms with Gasteiger partial charge in [0.25, 0.3) is 10.0 Å². The van der Waals surface area contributed by atoms with Crippen molar-refractivity contribution in [2.45, 2.75) is 36.0 Å². The van der Waals surface area contributed by atoms with Crippen molar-refractivity contribution in [3.8, 4) is 0 Å². The van der Waals surface area contributed by atoms with Crippen LogP contribution in [0.25, 0.3) is 0 Å². The highest BCUT2D eigenvalue weighted by molar-refractivity contribution is 7.91. The molecule has 0 spiro atoms. The van der Waals surface area contributed by atoms with Crippen LogP contribution in [0.15, 0.2) is 16.3 Å². The van der Waals surface area contributed by atoms with Gasteiger partial charge in [-0.1, -0.05) is 11.6 Å². The van der Waals surface area contributed by atoms with Crippen LogP contribution in [0.1, 0.15) is 25.7 Å². The summed E-state index contributed by atoms with van der Waals surface area (Å²) in [5.74, 6) is 0.0558. The summed E-state index contributed by atoms with van der Waals surface area (Å²) < 4.78 is 33.0. The molecule has 0 N–H and O–H groups in total. The molecular weight excluding hydrogens is 372 g/mol. The zero-order valence-electron chi connectivity index (χ0n) is 13.3. The lowest BCUT2D eigenvalue weighted by Crippen LogP contribution is -2.38. The van der Waals surface area contributed by atoms with Gasteiger partial charge in [0.2, 0.25) is 5.91 Å². The topological polar surface area (TPSA) is 66.9 Å². The number of hydrogen-bond acceptors (Lipinski definition) is 5. The van der Waals surface area contributed by atoms with Crippen molar-refractivity contribution in [3.63, 3.8) is 0 Å². The van der Waals surface area contributed by atoms with Crippen molar-refractivity contribution in [1.82, 2.24) is 9.21 Å². The third-order valence-electron chi connectivity index (χ3n) is 4.38. The second-order valence-electron chi connectivity index (χ2n) is 6.04. The van der Waals surface area contributed by atoms with Gasteiger partial charge in [0.15, 0.2) is 0 Å². The minimum atomic E-state index is -3.53. The van der Waals surface area contributed by atoms with Crippen LogP contribution in [0, 0.1) is 0 Å². The number of rotatable bonds is 4. The zero-order chi connectivity index (χ0) is 17.2. The van der Waals surface area contributed by atoms with Crippen molar-refractivity contribution in [2.75, 3.05) is 32.8 Å². The number of halogens is 1. The lowest BCUT2D eigenvalue weighted by molar-refractivity contribution is -0.133. The molecule has 0 bridgehead atoms. The number of amides is 1. The van der Waals surface area contributed by atoms with Crippen LogP contribution in [0.2, 0.25) is 4.34 Å². The summed E-state index contributed by atoms with van der Waals surface area (Å²) in [6.45, 7) is 2.47. The van der Waals surface area contributed by atoms with Gasteiger partial charge in [0.1, 0.15) is 4.21 Å². The van der Waals surface area contributed by atoms with E-state index in [9.17, 15) is 13.2 Å². The Balaban J connectivity index is 1.61. The fourth-order valence-electron chi connectivity index (χ4n) is 3.08. The first-order chi connectivity index (χ1) is 11.5. The Bertz CT molecular complexity index is 685. The summed E-state index contributed by atoms with van der Waals surface area (Å²) in [6, 6.07) is 3.13. The molecule has 1 amide bonds. The van der Waals surface area contributed by atoms with Crippen molar-refractivity contribution >= 4 is 38.9 Å². The highest BCUT2D eigenvalue weighted by Crippen LogP contribution is 2.28. The molecule has 1 unspecified atom stereocenters. The fraction of sp³-hybridized carbons (Fsp3) is 0.667. The van der Waals surface area contributed by atoms with E-state index in [4.69, 9.17) is 16.3 Å². The highest BCUT2D eigenvalue weighted by Gasteiger charge is 2.30. The molecule has 6 nitrogen and oxygen atoms in total. The Morgan fingerprint density at radius 2 is 2.08 bits per heavy atom. The molecule has 0 saturated carbocycles. The molecule has 0 aromatic carbocycles. The third kappa shape index (κ3) is 4.11. The molecule has 24 heavy (non-hydrogen) atoms. The van der Waals surface area contributed by atoms with Gasteiger partial charge in [-0.15, -0.1) is 11.3 Å². The van der Waals surface area contributed by atoms with Crippen molar-refractivity contribution in [2.24, 2.45) is 0 Å². The van der Waals surface area contributed by atoms with Crippen LogP contribution < -0.4 is 0 Å². The maximum Gasteiger partial charge on any atom is 0.252 e. The first-order valence-corrected chi connectivity index (χ1v) is 10.7. The van der Waals surface area contributed by atoms with E-state index >= 15 is 0 Å². The number of hydrogen-bond donors (Lipinski definition) is 0. The van der Waals surface area contributed by atoms with Crippen molar-refractivity contribution < 1.29 is 17.9 Å². The molecule has 0 radical (unpaired) electrons. The summed E-state index contributed by atoms with van der Waals surface area (Å²) >= 11 is 6.92. The van der Waals surface area contributed by atoms with Crippen molar-refractivity contribution in [3.05, 3.63) is 16.5 Å². The SMILES string of the molecule is O=C(CC1CCCO1)N1CCCN(S(=O)(=O)c2ccc(Cl)s2)CC1. The standard InChI is InChI=1S/C15H21ClN2O4S2/c16-13-4-5-15(23-13)24(20,21)18-7-2-6-17(8-9-18)14(19)11-12-3-1-10-22-12/h4-5,12H,1-3,6-11H2. The van der Waals surface area contributed by atoms with E-state index in [1.54, 1.807) is 11.0 Å². The van der Waals surface area contributed by atoms with E-state index in [1.165, 1.54) is 10.4 Å². The van der Waals surface area contributed by atoms with E-state index in [2.05, 4.69) is 0 Å². The number of carbonyl (C=O) groups excluding carboxylic acids is 1. The van der Waals surface area contributed by atoms with Crippen molar-refractivity contribution in [1.29, 1.82) is 0 Å². The largest absolute Gasteiger partial charge is 0.378 e. The van der Waals surface area contributed by atoms with E-state index in [-0.39, 0.29) is 16.2 Å². The fourth-order valence-corrected chi connectivity index (χ4v) is 6.18. The third-order valence-corrected chi connectivity index (χ3v) is 7.97. The number of ether oxygens (including phenoxy) is 1. The Morgan fingerprint density at radius 1 is 1.25 bits per heavy atom. The molecule has 1 atom stereocenters. The Hall–Kier alpha value is -0.670. The summed E-state index contributed by atoms with van der Waals surface area (Å²) in [5.41, 5.74) is 0. The van der Waals surface area contributed by atoms with E-state index in [0.717, 1.165) is 30.8 Å². The normalized spacial score (nSPS) is 23.4. The number of carbonyl (C=O) groups is 1. The monoisotopic (exact) mass is 392 g/mol. The summed E-state index contributed by atoms with van der Waals surface area (Å²) in [6.07, 6.45) is 2.99. The molecular formula is C15H21ClN2O4S2. The maximum absolute atomic E-state index is 12.7. The number of nitrogens with zero attached hydrogens (tertiary/aromatic N) is 2. The van der Waals surface area contributed by atoms with Gasteiger partial charge in [-0.2, -0.15) is 4.31 Å². The predicted octanol–water partition coefficient (Wildman–Crippen LogP) is 2.19. The first-order valence-electron chi connectivity index (χ1n) is 8.12. The minimum Gasteiger partial charge on any atom is -0.378 e. The van der Waals surface area contributed by atoms with Gasteiger partial charge < -0.3 is 9.64 Å². The second-order valence-corrected chi connectivity index (χ2v) is 9.92. The van der Waals surface area contributed by atoms with Crippen LogP contribution >= 0.6 is 22.9 Å². The van der Waals surface area contributed by atoms with Gasteiger partial charge in [-0.3, -0.25) is 4.79 Å². The van der Waals surface area contributed by atoms with Crippen LogP contribution in [-0.4, -0.2) is 62.4 Å². The Labute approximate surface area is 151 Å². The Kier molecular flexibility index (Phi) is 5.82. The van der Waals surface area contributed by atoms with E-state index in [1.807, 2.05) is 0 Å². The molecule has 3 heterocycles. The minimum absolute atomic E-state index is 0.0221. The van der Waals surface area contributed by atoms with Gasteiger partial charge in [-0.25, -0.2) is 8.42 Å². The second kappa shape index (κ2) is 7.70. The molecule has 0 aliphatic carbocycles. The summed E-state index contributed by atoms with van der Waals surface area (Å²) in [7, 11) is -3.53. The lowest BCUT2D eigenvalue weighted by Gasteiger charge is -2.22. The van der Waals surface area contributed by atoms with Gasteiger partial charge in [-0.05, 0) is 31.4 Å². The molecule has 2 saturated heterocycles. The molecule has 2 fully saturated rings. The molecule has 1 aromatic rings. The molecule has 2 aliphatic heterocycles. The van der Waals surface area contributed by atoms with Crippen LogP contribution in [0.4, 0.5) is 0 Å². The average Bonchev–Trinajstić information content (AvgIpc) is 3.13. The molecule has 2 aliphatic rings. The van der Waals surface area contributed by atoms with E-state index in [0.29, 0.717) is 43.4 Å². The lowest BCUT2D eigenvalue weighted by atomic mass is 10.1. The van der Waals surface area contributed by atoms with Gasteiger partial charge >= 0.3 is 0 Å². The maximum atomic E-state index is 12.7. The van der Waals surface area contributed by atoms with Crippen LogP contribution in [-0.2, 0) is 19.6 Å². The summed E-state index contributed by atoms with van der Waals surface area (Å²) in [5, 5.41) is 0. The molecule has 3 rings (SSSR count). The predicted molar refractivity (Wildman–Crippen MR) is 92.9 cm³/mol. The average molecular weight is 393 g/mol. The van der Waals surface area contributed by atoms with Gasteiger partial charge in [0.05, 0.1) is 16.9 Å². The Morgan fingerprint density at radius 3 is 2.75 bits per heavy atom. The smallest absolute Gasteiger partial charge is 0.252 e. The van der Waals surface area contributed by atoms with Crippen LogP contribution in [0.3, 0.4) is 0 Å². The molecule has 134 valence electrons.